The number of thiocarbonyl (C=S) groups is 1. The third kappa shape index (κ3) is 4.65. The molecule has 4 nitrogen and oxygen atoms in total. The zero-order chi connectivity index (χ0) is 15.5. The fraction of sp³-hybridized carbons (Fsp3) is 0.0714. The van der Waals surface area contributed by atoms with Gasteiger partial charge in [0.1, 0.15) is 4.99 Å². The first kappa shape index (κ1) is 16.2. The van der Waals surface area contributed by atoms with Gasteiger partial charge in [0.15, 0.2) is 0 Å². The van der Waals surface area contributed by atoms with Crippen LogP contribution < -0.4 is 10.5 Å². The highest BCUT2D eigenvalue weighted by atomic mass is 127. The molecule has 0 bridgehead atoms. The lowest BCUT2D eigenvalue weighted by Crippen LogP contribution is -2.19. The number of sulfonamides is 1. The van der Waals surface area contributed by atoms with Crippen LogP contribution in [0, 0.1) is 3.57 Å². The molecule has 0 aliphatic carbocycles. The molecule has 0 saturated carbocycles. The summed E-state index contributed by atoms with van der Waals surface area (Å²) in [4.78, 5) is 0.190. The first-order valence-electron chi connectivity index (χ1n) is 6.01. The zero-order valence-corrected chi connectivity index (χ0v) is 14.7. The van der Waals surface area contributed by atoms with Crippen LogP contribution in [0.3, 0.4) is 0 Å². The largest absolute Gasteiger partial charge is 0.389 e. The topological polar surface area (TPSA) is 72.2 Å². The average Bonchev–Trinajstić information content (AvgIpc) is 2.37. The fourth-order valence-electron chi connectivity index (χ4n) is 1.86. The van der Waals surface area contributed by atoms with E-state index in [-0.39, 0.29) is 10.7 Å². The van der Waals surface area contributed by atoms with E-state index < -0.39 is 10.0 Å². The number of nitrogens with two attached hydrogens (primary N) is 1. The highest BCUT2D eigenvalue weighted by Gasteiger charge is 2.15. The number of hydrogen-bond acceptors (Lipinski definition) is 3. The van der Waals surface area contributed by atoms with Crippen molar-refractivity contribution in [1.29, 1.82) is 0 Å². The van der Waals surface area contributed by atoms with Crippen molar-refractivity contribution < 1.29 is 8.42 Å². The minimum atomic E-state index is -3.53. The van der Waals surface area contributed by atoms with Gasteiger partial charge in [0.2, 0.25) is 10.0 Å². The van der Waals surface area contributed by atoms with Gasteiger partial charge in [-0.15, -0.1) is 0 Å². The number of hydrogen-bond donors (Lipinski definition) is 2. The molecule has 0 aliphatic rings. The second-order valence-electron chi connectivity index (χ2n) is 4.39. The van der Waals surface area contributed by atoms with Crippen molar-refractivity contribution in [3.63, 3.8) is 0 Å². The summed E-state index contributed by atoms with van der Waals surface area (Å²) in [5.74, 6) is -0.175. The van der Waals surface area contributed by atoms with Crippen LogP contribution in [-0.2, 0) is 15.8 Å². The Hall–Kier alpha value is -1.19. The van der Waals surface area contributed by atoms with Crippen molar-refractivity contribution in [3.8, 4) is 0 Å². The number of nitrogens with one attached hydrogen (secondary N) is 1. The quantitative estimate of drug-likeness (QED) is 0.563. The molecule has 3 N–H and O–H groups in total. The Morgan fingerprint density at radius 3 is 2.57 bits per heavy atom. The monoisotopic (exact) mass is 432 g/mol. The molecular weight excluding hydrogens is 419 g/mol. The predicted octanol–water partition coefficient (Wildman–Crippen LogP) is 2.87. The van der Waals surface area contributed by atoms with Gasteiger partial charge in [0, 0.05) is 14.8 Å². The van der Waals surface area contributed by atoms with Gasteiger partial charge in [-0.1, -0.05) is 42.5 Å². The zero-order valence-electron chi connectivity index (χ0n) is 10.9. The van der Waals surface area contributed by atoms with Crippen molar-refractivity contribution in [2.24, 2.45) is 5.73 Å². The molecule has 2 aromatic rings. The SMILES string of the molecule is NC(=S)c1ccccc1CS(=O)(=O)Nc1cccc(I)c1. The Balaban J connectivity index is 2.24. The van der Waals surface area contributed by atoms with Crippen molar-refractivity contribution >= 4 is 55.5 Å². The standard InChI is InChI=1S/C14H13IN2O2S2/c15-11-5-3-6-12(8-11)17-21(18,19)9-10-4-1-2-7-13(10)14(16)20/h1-8,17H,9H2,(H2,16,20). The van der Waals surface area contributed by atoms with E-state index in [0.717, 1.165) is 3.57 Å². The normalized spacial score (nSPS) is 11.1. The summed E-state index contributed by atoms with van der Waals surface area (Å²) in [6, 6.07) is 14.1. The summed E-state index contributed by atoms with van der Waals surface area (Å²) in [6.45, 7) is 0. The van der Waals surface area contributed by atoms with Crippen LogP contribution in [0.15, 0.2) is 48.5 Å². The number of anilines is 1. The van der Waals surface area contributed by atoms with Gasteiger partial charge in [-0.3, -0.25) is 4.72 Å². The third-order valence-electron chi connectivity index (χ3n) is 2.73. The lowest BCUT2D eigenvalue weighted by atomic mass is 10.1. The summed E-state index contributed by atoms with van der Waals surface area (Å²) in [6.07, 6.45) is 0. The van der Waals surface area contributed by atoms with Crippen LogP contribution in [-0.4, -0.2) is 13.4 Å². The number of halogens is 1. The Labute approximate surface area is 142 Å². The van der Waals surface area contributed by atoms with E-state index in [0.29, 0.717) is 16.8 Å². The first-order valence-corrected chi connectivity index (χ1v) is 9.15. The lowest BCUT2D eigenvalue weighted by Gasteiger charge is -2.11. The summed E-state index contributed by atoms with van der Waals surface area (Å²) in [5, 5.41) is 0. The number of rotatable bonds is 5. The molecule has 0 fully saturated rings. The van der Waals surface area contributed by atoms with E-state index in [1.54, 1.807) is 42.5 Å². The summed E-state index contributed by atoms with van der Waals surface area (Å²) < 4.78 is 28.0. The van der Waals surface area contributed by atoms with E-state index >= 15 is 0 Å². The average molecular weight is 432 g/mol. The van der Waals surface area contributed by atoms with Gasteiger partial charge < -0.3 is 5.73 Å². The highest BCUT2D eigenvalue weighted by molar-refractivity contribution is 14.1. The van der Waals surface area contributed by atoms with Crippen LogP contribution in [0.5, 0.6) is 0 Å². The van der Waals surface area contributed by atoms with Crippen LogP contribution in [0.1, 0.15) is 11.1 Å². The Morgan fingerprint density at radius 2 is 1.90 bits per heavy atom. The molecule has 0 aliphatic heterocycles. The molecule has 0 heterocycles. The van der Waals surface area contributed by atoms with Gasteiger partial charge in [-0.2, -0.15) is 0 Å². The van der Waals surface area contributed by atoms with Crippen LogP contribution in [0.4, 0.5) is 5.69 Å². The first-order chi connectivity index (χ1) is 9.87. The Kier molecular flexibility index (Phi) is 5.17. The predicted molar refractivity (Wildman–Crippen MR) is 97.7 cm³/mol. The number of benzene rings is 2. The molecule has 2 aromatic carbocycles. The van der Waals surface area contributed by atoms with Gasteiger partial charge in [0.25, 0.3) is 0 Å². The molecule has 0 spiro atoms. The Bertz CT molecular complexity index is 776. The molecule has 0 amide bonds. The molecule has 0 saturated heterocycles. The maximum absolute atomic E-state index is 12.3. The van der Waals surface area contributed by atoms with Crippen molar-refractivity contribution in [2.45, 2.75) is 5.75 Å². The van der Waals surface area contributed by atoms with Crippen LogP contribution in [0.2, 0.25) is 0 Å². The van der Waals surface area contributed by atoms with Crippen LogP contribution >= 0.6 is 34.8 Å². The Morgan fingerprint density at radius 1 is 1.19 bits per heavy atom. The highest BCUT2D eigenvalue weighted by Crippen LogP contribution is 2.17. The minimum absolute atomic E-state index is 0.175. The molecule has 0 aromatic heterocycles. The molecular formula is C14H13IN2O2S2. The van der Waals surface area contributed by atoms with E-state index in [9.17, 15) is 8.42 Å². The molecule has 110 valence electrons. The second-order valence-corrected chi connectivity index (χ2v) is 7.80. The molecule has 7 heteroatoms. The van der Waals surface area contributed by atoms with Gasteiger partial charge in [-0.25, -0.2) is 8.42 Å². The van der Waals surface area contributed by atoms with Gasteiger partial charge in [0.05, 0.1) is 5.75 Å². The van der Waals surface area contributed by atoms with Crippen molar-refractivity contribution in [3.05, 3.63) is 63.2 Å². The van der Waals surface area contributed by atoms with Crippen LogP contribution in [0.25, 0.3) is 0 Å². The minimum Gasteiger partial charge on any atom is -0.389 e. The summed E-state index contributed by atoms with van der Waals surface area (Å²) in [5.41, 5.74) is 7.33. The molecule has 0 radical (unpaired) electrons. The van der Waals surface area contributed by atoms with Gasteiger partial charge in [-0.05, 0) is 46.4 Å². The van der Waals surface area contributed by atoms with E-state index in [4.69, 9.17) is 18.0 Å². The van der Waals surface area contributed by atoms with Crippen molar-refractivity contribution in [2.75, 3.05) is 4.72 Å². The maximum Gasteiger partial charge on any atom is 0.236 e. The third-order valence-corrected chi connectivity index (χ3v) is 4.85. The summed E-state index contributed by atoms with van der Waals surface area (Å²) >= 11 is 7.07. The molecule has 21 heavy (non-hydrogen) atoms. The second kappa shape index (κ2) is 6.71. The van der Waals surface area contributed by atoms with Gasteiger partial charge >= 0.3 is 0 Å². The van der Waals surface area contributed by atoms with E-state index in [1.165, 1.54) is 0 Å². The smallest absolute Gasteiger partial charge is 0.236 e. The summed E-state index contributed by atoms with van der Waals surface area (Å²) in [7, 11) is -3.53. The fourth-order valence-corrected chi connectivity index (χ4v) is 3.82. The van der Waals surface area contributed by atoms with E-state index in [2.05, 4.69) is 27.3 Å². The molecule has 2 rings (SSSR count). The molecule has 0 unspecified atom stereocenters. The van der Waals surface area contributed by atoms with E-state index in [1.807, 2.05) is 6.07 Å². The lowest BCUT2D eigenvalue weighted by molar-refractivity contribution is 0.600. The maximum atomic E-state index is 12.3. The van der Waals surface area contributed by atoms with Crippen molar-refractivity contribution in [1.82, 2.24) is 0 Å². The molecule has 0 atom stereocenters.